The molecule has 0 fully saturated rings. The Balaban J connectivity index is 0.00000338. The standard InChI is InChI=1S/C20H27N3O2.HI/c1-15(2)17-7-5-8-18(13-17)23-20(21)22-14-16-6-4-9-19(12-16)25-11-10-24-3;/h4-9,12-13,15H,10-11,14H2,1-3H3,(H3,21,22,23);1H. The first-order valence-corrected chi connectivity index (χ1v) is 8.46. The number of anilines is 1. The van der Waals surface area contributed by atoms with Gasteiger partial charge in [0.1, 0.15) is 12.4 Å². The summed E-state index contributed by atoms with van der Waals surface area (Å²) in [4.78, 5) is 4.40. The second-order valence-corrected chi connectivity index (χ2v) is 6.10. The number of halogens is 1. The molecule has 3 N–H and O–H groups in total. The van der Waals surface area contributed by atoms with E-state index >= 15 is 0 Å². The van der Waals surface area contributed by atoms with Crippen LogP contribution in [0.2, 0.25) is 0 Å². The van der Waals surface area contributed by atoms with Gasteiger partial charge in [-0.05, 0) is 41.3 Å². The monoisotopic (exact) mass is 469 g/mol. The van der Waals surface area contributed by atoms with Gasteiger partial charge < -0.3 is 20.5 Å². The Hall–Kier alpha value is -1.80. The molecule has 6 heteroatoms. The first-order chi connectivity index (χ1) is 12.1. The van der Waals surface area contributed by atoms with Crippen LogP contribution in [0.1, 0.15) is 30.9 Å². The summed E-state index contributed by atoms with van der Waals surface area (Å²) >= 11 is 0. The van der Waals surface area contributed by atoms with Gasteiger partial charge in [0, 0.05) is 12.8 Å². The fraction of sp³-hybridized carbons (Fsp3) is 0.350. The Labute approximate surface area is 173 Å². The van der Waals surface area contributed by atoms with Gasteiger partial charge in [-0.3, -0.25) is 0 Å². The van der Waals surface area contributed by atoms with Crippen LogP contribution in [0.25, 0.3) is 0 Å². The number of guanidine groups is 1. The zero-order chi connectivity index (χ0) is 18.1. The minimum absolute atomic E-state index is 0. The molecule has 2 aromatic rings. The Morgan fingerprint density at radius 1 is 1.12 bits per heavy atom. The predicted octanol–water partition coefficient (Wildman–Crippen LogP) is 4.38. The SMILES string of the molecule is COCCOc1cccc(CN=C(N)Nc2cccc(C(C)C)c2)c1.I. The van der Waals surface area contributed by atoms with Gasteiger partial charge in [0.25, 0.3) is 0 Å². The molecular formula is C20H28IN3O2. The summed E-state index contributed by atoms with van der Waals surface area (Å²) in [5.41, 5.74) is 9.26. The highest BCUT2D eigenvalue weighted by Crippen LogP contribution is 2.18. The molecule has 5 nitrogen and oxygen atoms in total. The number of nitrogens with one attached hydrogen (secondary N) is 1. The smallest absolute Gasteiger partial charge is 0.193 e. The van der Waals surface area contributed by atoms with Crippen molar-refractivity contribution in [2.75, 3.05) is 25.6 Å². The summed E-state index contributed by atoms with van der Waals surface area (Å²) in [5, 5.41) is 3.14. The lowest BCUT2D eigenvalue weighted by atomic mass is 10.0. The maximum absolute atomic E-state index is 6.01. The van der Waals surface area contributed by atoms with E-state index in [-0.39, 0.29) is 24.0 Å². The van der Waals surface area contributed by atoms with Crippen LogP contribution < -0.4 is 15.8 Å². The van der Waals surface area contributed by atoms with Crippen LogP contribution in [0, 0.1) is 0 Å². The van der Waals surface area contributed by atoms with E-state index < -0.39 is 0 Å². The molecule has 26 heavy (non-hydrogen) atoms. The quantitative estimate of drug-likeness (QED) is 0.261. The summed E-state index contributed by atoms with van der Waals surface area (Å²) < 4.78 is 10.6. The average molecular weight is 469 g/mol. The van der Waals surface area contributed by atoms with Gasteiger partial charge in [-0.2, -0.15) is 0 Å². The van der Waals surface area contributed by atoms with E-state index in [0.717, 1.165) is 17.0 Å². The minimum Gasteiger partial charge on any atom is -0.491 e. The fourth-order valence-corrected chi connectivity index (χ4v) is 2.32. The van der Waals surface area contributed by atoms with Crippen LogP contribution in [0.15, 0.2) is 53.5 Å². The molecule has 0 aliphatic carbocycles. The van der Waals surface area contributed by atoms with Crippen LogP contribution in [0.4, 0.5) is 5.69 Å². The van der Waals surface area contributed by atoms with Crippen molar-refractivity contribution in [3.05, 3.63) is 59.7 Å². The Morgan fingerprint density at radius 2 is 1.88 bits per heavy atom. The van der Waals surface area contributed by atoms with Gasteiger partial charge in [0.2, 0.25) is 0 Å². The van der Waals surface area contributed by atoms with Gasteiger partial charge >= 0.3 is 0 Å². The number of nitrogens with zero attached hydrogens (tertiary/aromatic N) is 1. The third-order valence-corrected chi connectivity index (χ3v) is 3.71. The van der Waals surface area contributed by atoms with Crippen LogP contribution in [0.5, 0.6) is 5.75 Å². The third-order valence-electron chi connectivity index (χ3n) is 3.71. The van der Waals surface area contributed by atoms with Crippen molar-refractivity contribution in [2.45, 2.75) is 26.3 Å². The van der Waals surface area contributed by atoms with Crippen molar-refractivity contribution < 1.29 is 9.47 Å². The molecule has 0 radical (unpaired) electrons. The first kappa shape index (κ1) is 22.2. The van der Waals surface area contributed by atoms with Crippen molar-refractivity contribution in [3.63, 3.8) is 0 Å². The van der Waals surface area contributed by atoms with Crippen LogP contribution >= 0.6 is 24.0 Å². The molecule has 142 valence electrons. The molecule has 0 saturated carbocycles. The largest absolute Gasteiger partial charge is 0.491 e. The van der Waals surface area contributed by atoms with E-state index in [9.17, 15) is 0 Å². The summed E-state index contributed by atoms with van der Waals surface area (Å²) in [6.45, 7) is 5.91. The third kappa shape index (κ3) is 7.61. The molecule has 0 saturated heterocycles. The number of nitrogens with two attached hydrogens (primary N) is 1. The van der Waals surface area contributed by atoms with Gasteiger partial charge in [0.15, 0.2) is 5.96 Å². The fourth-order valence-electron chi connectivity index (χ4n) is 2.32. The molecule has 0 bridgehead atoms. The summed E-state index contributed by atoms with van der Waals surface area (Å²) in [7, 11) is 1.65. The van der Waals surface area contributed by atoms with E-state index in [1.807, 2.05) is 36.4 Å². The number of benzene rings is 2. The molecule has 0 aliphatic heterocycles. The molecule has 0 unspecified atom stereocenters. The highest BCUT2D eigenvalue weighted by Gasteiger charge is 2.02. The Kier molecular flexibility index (Phi) is 10.0. The molecule has 0 amide bonds. The Bertz CT molecular complexity index is 705. The number of ether oxygens (including phenoxy) is 2. The molecule has 0 aliphatic rings. The lowest BCUT2D eigenvalue weighted by Crippen LogP contribution is -2.22. The van der Waals surface area contributed by atoms with Crippen LogP contribution in [-0.4, -0.2) is 26.3 Å². The number of hydrogen-bond donors (Lipinski definition) is 2. The summed E-state index contributed by atoms with van der Waals surface area (Å²) in [6.07, 6.45) is 0. The highest BCUT2D eigenvalue weighted by molar-refractivity contribution is 14.0. The Morgan fingerprint density at radius 3 is 2.62 bits per heavy atom. The predicted molar refractivity (Wildman–Crippen MR) is 119 cm³/mol. The first-order valence-electron chi connectivity index (χ1n) is 8.46. The second-order valence-electron chi connectivity index (χ2n) is 6.10. The molecular weight excluding hydrogens is 441 g/mol. The minimum atomic E-state index is 0. The van der Waals surface area contributed by atoms with Crippen molar-refractivity contribution in [2.24, 2.45) is 10.7 Å². The van der Waals surface area contributed by atoms with Crippen LogP contribution in [-0.2, 0) is 11.3 Å². The van der Waals surface area contributed by atoms with Crippen molar-refractivity contribution in [1.82, 2.24) is 0 Å². The molecule has 2 aromatic carbocycles. The lowest BCUT2D eigenvalue weighted by Gasteiger charge is -2.10. The van der Waals surface area contributed by atoms with E-state index in [1.54, 1.807) is 7.11 Å². The maximum Gasteiger partial charge on any atom is 0.193 e. The lowest BCUT2D eigenvalue weighted by molar-refractivity contribution is 0.146. The molecule has 0 atom stereocenters. The van der Waals surface area contributed by atoms with Gasteiger partial charge in [0.05, 0.1) is 13.2 Å². The second kappa shape index (κ2) is 11.7. The average Bonchev–Trinajstić information content (AvgIpc) is 2.61. The maximum atomic E-state index is 6.01. The van der Waals surface area contributed by atoms with Crippen molar-refractivity contribution >= 4 is 35.6 Å². The summed E-state index contributed by atoms with van der Waals surface area (Å²) in [6, 6.07) is 16.0. The van der Waals surface area contributed by atoms with Crippen LogP contribution in [0.3, 0.4) is 0 Å². The molecule has 2 rings (SSSR count). The number of hydrogen-bond acceptors (Lipinski definition) is 3. The van der Waals surface area contributed by atoms with Crippen molar-refractivity contribution in [1.29, 1.82) is 0 Å². The van der Waals surface area contributed by atoms with Gasteiger partial charge in [-0.25, -0.2) is 4.99 Å². The molecule has 0 aromatic heterocycles. The highest BCUT2D eigenvalue weighted by atomic mass is 127. The van der Waals surface area contributed by atoms with E-state index in [2.05, 4.69) is 36.3 Å². The molecule has 0 spiro atoms. The molecule has 0 heterocycles. The van der Waals surface area contributed by atoms with Crippen molar-refractivity contribution in [3.8, 4) is 5.75 Å². The normalized spacial score (nSPS) is 11.2. The number of methoxy groups -OCH3 is 1. The van der Waals surface area contributed by atoms with Gasteiger partial charge in [-0.15, -0.1) is 24.0 Å². The number of aliphatic imine (C=N–C) groups is 1. The van der Waals surface area contributed by atoms with E-state index in [0.29, 0.717) is 31.6 Å². The topological polar surface area (TPSA) is 68.9 Å². The zero-order valence-corrected chi connectivity index (χ0v) is 17.9. The zero-order valence-electron chi connectivity index (χ0n) is 15.6. The van der Waals surface area contributed by atoms with Gasteiger partial charge in [-0.1, -0.05) is 38.1 Å². The summed E-state index contributed by atoms with van der Waals surface area (Å²) in [5.74, 6) is 1.67. The van der Waals surface area contributed by atoms with E-state index in [1.165, 1.54) is 5.56 Å². The number of rotatable bonds is 8. The van der Waals surface area contributed by atoms with E-state index in [4.69, 9.17) is 15.2 Å².